The third-order valence-corrected chi connectivity index (χ3v) is 3.05. The summed E-state index contributed by atoms with van der Waals surface area (Å²) in [6.07, 6.45) is 0. The largest absolute Gasteiger partial charge is 0.508 e. The van der Waals surface area contributed by atoms with Gasteiger partial charge in [-0.2, -0.15) is 0 Å². The SMILES string of the molecule is Cc1ccccc1C(C)c1ccc(O)cc1. The van der Waals surface area contributed by atoms with Crippen LogP contribution in [0, 0.1) is 6.92 Å². The lowest BCUT2D eigenvalue weighted by atomic mass is 9.90. The van der Waals surface area contributed by atoms with Crippen molar-refractivity contribution in [3.05, 3.63) is 65.2 Å². The van der Waals surface area contributed by atoms with Crippen LogP contribution in [-0.2, 0) is 0 Å². The molecule has 0 bridgehead atoms. The van der Waals surface area contributed by atoms with Crippen molar-refractivity contribution in [3.63, 3.8) is 0 Å². The Labute approximate surface area is 96.4 Å². The third-order valence-electron chi connectivity index (χ3n) is 3.05. The molecule has 0 radical (unpaired) electrons. The number of aromatic hydroxyl groups is 1. The summed E-state index contributed by atoms with van der Waals surface area (Å²) in [6.45, 7) is 4.32. The van der Waals surface area contributed by atoms with Crippen molar-refractivity contribution >= 4 is 0 Å². The van der Waals surface area contributed by atoms with E-state index in [1.807, 2.05) is 12.1 Å². The lowest BCUT2D eigenvalue weighted by Crippen LogP contribution is -1.97. The molecule has 0 fully saturated rings. The van der Waals surface area contributed by atoms with E-state index in [1.165, 1.54) is 16.7 Å². The Morgan fingerprint density at radius 1 is 0.938 bits per heavy atom. The van der Waals surface area contributed by atoms with Crippen LogP contribution in [0.15, 0.2) is 48.5 Å². The van der Waals surface area contributed by atoms with Crippen molar-refractivity contribution in [2.24, 2.45) is 0 Å². The van der Waals surface area contributed by atoms with Crippen molar-refractivity contribution in [2.45, 2.75) is 19.8 Å². The van der Waals surface area contributed by atoms with Crippen LogP contribution < -0.4 is 0 Å². The molecule has 0 amide bonds. The Bertz CT molecular complexity index is 471. The third kappa shape index (κ3) is 2.08. The number of hydrogen-bond acceptors (Lipinski definition) is 1. The summed E-state index contributed by atoms with van der Waals surface area (Å²) in [4.78, 5) is 0. The van der Waals surface area contributed by atoms with E-state index in [-0.39, 0.29) is 0 Å². The van der Waals surface area contributed by atoms with Crippen molar-refractivity contribution < 1.29 is 5.11 Å². The molecule has 0 heterocycles. The highest BCUT2D eigenvalue weighted by atomic mass is 16.3. The molecule has 0 saturated carbocycles. The molecule has 0 aromatic heterocycles. The van der Waals surface area contributed by atoms with Crippen molar-refractivity contribution in [1.29, 1.82) is 0 Å². The summed E-state index contributed by atoms with van der Waals surface area (Å²) < 4.78 is 0. The molecule has 16 heavy (non-hydrogen) atoms. The van der Waals surface area contributed by atoms with E-state index in [9.17, 15) is 5.11 Å². The van der Waals surface area contributed by atoms with Crippen molar-refractivity contribution in [2.75, 3.05) is 0 Å². The van der Waals surface area contributed by atoms with Crippen molar-refractivity contribution in [3.8, 4) is 5.75 Å². The van der Waals surface area contributed by atoms with Gasteiger partial charge in [0.25, 0.3) is 0 Å². The average molecular weight is 212 g/mol. The first kappa shape index (κ1) is 10.7. The zero-order valence-electron chi connectivity index (χ0n) is 9.64. The van der Waals surface area contributed by atoms with E-state index in [1.54, 1.807) is 12.1 Å². The molecule has 1 N–H and O–H groups in total. The van der Waals surface area contributed by atoms with Crippen LogP contribution in [-0.4, -0.2) is 5.11 Å². The second kappa shape index (κ2) is 4.40. The van der Waals surface area contributed by atoms with Gasteiger partial charge in [-0.15, -0.1) is 0 Å². The lowest BCUT2D eigenvalue weighted by molar-refractivity contribution is 0.475. The van der Waals surface area contributed by atoms with Gasteiger partial charge in [-0.1, -0.05) is 43.3 Å². The van der Waals surface area contributed by atoms with Gasteiger partial charge in [-0.05, 0) is 35.7 Å². The second-order valence-electron chi connectivity index (χ2n) is 4.17. The first-order valence-corrected chi connectivity index (χ1v) is 5.53. The maximum absolute atomic E-state index is 9.26. The summed E-state index contributed by atoms with van der Waals surface area (Å²) in [5, 5.41) is 9.26. The van der Waals surface area contributed by atoms with Crippen molar-refractivity contribution in [1.82, 2.24) is 0 Å². The molecule has 0 aliphatic heterocycles. The number of hydrogen-bond donors (Lipinski definition) is 1. The Morgan fingerprint density at radius 3 is 2.19 bits per heavy atom. The van der Waals surface area contributed by atoms with Gasteiger partial charge in [0.15, 0.2) is 0 Å². The Kier molecular flexibility index (Phi) is 2.95. The number of phenolic OH excluding ortho intramolecular Hbond substituents is 1. The molecule has 0 aliphatic carbocycles. The normalized spacial score (nSPS) is 12.4. The number of aryl methyl sites for hydroxylation is 1. The lowest BCUT2D eigenvalue weighted by Gasteiger charge is -2.15. The summed E-state index contributed by atoms with van der Waals surface area (Å²) in [6, 6.07) is 15.9. The Morgan fingerprint density at radius 2 is 1.56 bits per heavy atom. The summed E-state index contributed by atoms with van der Waals surface area (Å²) in [7, 11) is 0. The summed E-state index contributed by atoms with van der Waals surface area (Å²) in [5.41, 5.74) is 3.88. The van der Waals surface area contributed by atoms with E-state index in [0.29, 0.717) is 11.7 Å². The van der Waals surface area contributed by atoms with Gasteiger partial charge in [0.05, 0.1) is 0 Å². The van der Waals surface area contributed by atoms with Crippen LogP contribution in [0.2, 0.25) is 0 Å². The predicted molar refractivity (Wildman–Crippen MR) is 66.8 cm³/mol. The van der Waals surface area contributed by atoms with Gasteiger partial charge < -0.3 is 5.11 Å². The van der Waals surface area contributed by atoms with Gasteiger partial charge in [0.2, 0.25) is 0 Å². The van der Waals surface area contributed by atoms with Gasteiger partial charge in [0.1, 0.15) is 5.75 Å². The van der Waals surface area contributed by atoms with E-state index in [2.05, 4.69) is 38.1 Å². The first-order chi connectivity index (χ1) is 7.68. The molecule has 0 saturated heterocycles. The Balaban J connectivity index is 2.35. The standard InChI is InChI=1S/C15H16O/c1-11-5-3-4-6-15(11)12(2)13-7-9-14(16)10-8-13/h3-10,12,16H,1-2H3. The molecule has 2 rings (SSSR count). The average Bonchev–Trinajstić information content (AvgIpc) is 2.30. The molecule has 2 aromatic carbocycles. The zero-order chi connectivity index (χ0) is 11.5. The molecule has 82 valence electrons. The molecule has 1 atom stereocenters. The first-order valence-electron chi connectivity index (χ1n) is 5.53. The minimum Gasteiger partial charge on any atom is -0.508 e. The maximum Gasteiger partial charge on any atom is 0.115 e. The van der Waals surface area contributed by atoms with Gasteiger partial charge in [0, 0.05) is 5.92 Å². The summed E-state index contributed by atoms with van der Waals surface area (Å²) in [5.74, 6) is 0.683. The fourth-order valence-electron chi connectivity index (χ4n) is 2.02. The van der Waals surface area contributed by atoms with Crippen LogP contribution in [0.1, 0.15) is 29.5 Å². The minimum atomic E-state index is 0.320. The van der Waals surface area contributed by atoms with Gasteiger partial charge >= 0.3 is 0 Å². The molecule has 1 heteroatoms. The van der Waals surface area contributed by atoms with E-state index in [0.717, 1.165) is 0 Å². The maximum atomic E-state index is 9.26. The highest BCUT2D eigenvalue weighted by Crippen LogP contribution is 2.27. The molecular weight excluding hydrogens is 196 g/mol. The number of rotatable bonds is 2. The zero-order valence-corrected chi connectivity index (χ0v) is 9.64. The van der Waals surface area contributed by atoms with Gasteiger partial charge in [-0.3, -0.25) is 0 Å². The van der Waals surface area contributed by atoms with Crippen LogP contribution in [0.25, 0.3) is 0 Å². The molecule has 0 spiro atoms. The molecule has 2 aromatic rings. The van der Waals surface area contributed by atoms with Gasteiger partial charge in [-0.25, -0.2) is 0 Å². The highest BCUT2D eigenvalue weighted by Gasteiger charge is 2.09. The van der Waals surface area contributed by atoms with Crippen LogP contribution >= 0.6 is 0 Å². The van der Waals surface area contributed by atoms with Crippen LogP contribution in [0.4, 0.5) is 0 Å². The van der Waals surface area contributed by atoms with Crippen LogP contribution in [0.3, 0.4) is 0 Å². The predicted octanol–water partition coefficient (Wildman–Crippen LogP) is 3.85. The minimum absolute atomic E-state index is 0.320. The van der Waals surface area contributed by atoms with E-state index >= 15 is 0 Å². The second-order valence-corrected chi connectivity index (χ2v) is 4.17. The molecule has 0 aliphatic rings. The quantitative estimate of drug-likeness (QED) is 0.801. The van der Waals surface area contributed by atoms with E-state index in [4.69, 9.17) is 0 Å². The number of benzene rings is 2. The molecule has 1 unspecified atom stereocenters. The molecule has 1 nitrogen and oxygen atoms in total. The highest BCUT2D eigenvalue weighted by molar-refractivity contribution is 5.38. The topological polar surface area (TPSA) is 20.2 Å². The number of phenols is 1. The fourth-order valence-corrected chi connectivity index (χ4v) is 2.02. The fraction of sp³-hybridized carbons (Fsp3) is 0.200. The smallest absolute Gasteiger partial charge is 0.115 e. The molecular formula is C15H16O. The van der Waals surface area contributed by atoms with Crippen LogP contribution in [0.5, 0.6) is 5.75 Å². The summed E-state index contributed by atoms with van der Waals surface area (Å²) >= 11 is 0. The monoisotopic (exact) mass is 212 g/mol. The Hall–Kier alpha value is -1.76. The van der Waals surface area contributed by atoms with E-state index < -0.39 is 0 Å².